The average Bonchev–Trinajstić information content (AvgIpc) is 3.44. The first-order chi connectivity index (χ1) is 13.2. The number of rotatable bonds is 9. The van der Waals surface area contributed by atoms with Crippen molar-refractivity contribution in [3.63, 3.8) is 0 Å². The van der Waals surface area contributed by atoms with Crippen molar-refractivity contribution < 1.29 is 4.79 Å². The van der Waals surface area contributed by atoms with E-state index in [1.54, 1.807) is 11.3 Å². The average molecular weight is 423 g/mol. The van der Waals surface area contributed by atoms with Crippen molar-refractivity contribution in [2.24, 2.45) is 17.8 Å². The molecule has 2 aliphatic rings. The van der Waals surface area contributed by atoms with E-state index in [2.05, 4.69) is 45.3 Å². The third kappa shape index (κ3) is 5.03. The van der Waals surface area contributed by atoms with Crippen LogP contribution >= 0.6 is 34.4 Å². The molecule has 0 aromatic carbocycles. The van der Waals surface area contributed by atoms with Gasteiger partial charge in [0.2, 0.25) is 11.0 Å². The van der Waals surface area contributed by atoms with Gasteiger partial charge in [-0.1, -0.05) is 35.6 Å². The lowest BCUT2D eigenvalue weighted by atomic mass is 9.84. The van der Waals surface area contributed by atoms with Crippen molar-refractivity contribution in [3.8, 4) is 0 Å². The summed E-state index contributed by atoms with van der Waals surface area (Å²) in [6.07, 6.45) is 6.43. The maximum atomic E-state index is 12.3. The number of anilines is 1. The van der Waals surface area contributed by atoms with E-state index < -0.39 is 0 Å². The molecule has 8 heteroatoms. The van der Waals surface area contributed by atoms with Gasteiger partial charge in [0.15, 0.2) is 4.34 Å². The normalized spacial score (nSPS) is 24.9. The number of hydrogen-bond acceptors (Lipinski definition) is 7. The number of nitrogens with zero attached hydrogens (tertiary/aromatic N) is 2. The van der Waals surface area contributed by atoms with Gasteiger partial charge in [-0.25, -0.2) is 0 Å². The van der Waals surface area contributed by atoms with Gasteiger partial charge in [-0.2, -0.15) is 0 Å². The summed E-state index contributed by atoms with van der Waals surface area (Å²) >= 11 is 4.77. The molecule has 0 spiro atoms. The zero-order valence-corrected chi connectivity index (χ0v) is 18.0. The summed E-state index contributed by atoms with van der Waals surface area (Å²) in [7, 11) is 0. The van der Waals surface area contributed by atoms with E-state index in [1.807, 2.05) is 0 Å². The number of fused-ring (bicyclic) bond motifs is 2. The fourth-order valence-corrected chi connectivity index (χ4v) is 6.82. The number of nitrogens with one attached hydrogen (secondary N) is 2. The van der Waals surface area contributed by atoms with Gasteiger partial charge in [0.05, 0.1) is 5.75 Å². The molecule has 146 valence electrons. The fourth-order valence-electron chi connectivity index (χ4n) is 4.52. The largest absolute Gasteiger partial charge is 0.360 e. The number of hydrogen-bond donors (Lipinski definition) is 2. The Balaban J connectivity index is 1.16. The van der Waals surface area contributed by atoms with E-state index in [9.17, 15) is 4.79 Å². The molecule has 2 aromatic rings. The lowest BCUT2D eigenvalue weighted by Crippen LogP contribution is -2.40. The molecule has 2 heterocycles. The molecule has 2 bridgehead atoms. The monoisotopic (exact) mass is 422 g/mol. The van der Waals surface area contributed by atoms with Gasteiger partial charge in [-0.15, -0.1) is 21.5 Å². The van der Waals surface area contributed by atoms with Crippen molar-refractivity contribution in [3.05, 3.63) is 22.4 Å². The molecular weight excluding hydrogens is 396 g/mol. The molecule has 0 aliphatic heterocycles. The minimum absolute atomic E-state index is 0.109. The zero-order valence-electron chi connectivity index (χ0n) is 15.5. The third-order valence-electron chi connectivity index (χ3n) is 5.78. The predicted octanol–water partition coefficient (Wildman–Crippen LogP) is 4.29. The van der Waals surface area contributed by atoms with Crippen LogP contribution in [0, 0.1) is 17.8 Å². The lowest BCUT2D eigenvalue weighted by Gasteiger charge is -2.28. The van der Waals surface area contributed by atoms with Crippen molar-refractivity contribution in [2.45, 2.75) is 49.4 Å². The standard InChI is InChI=1S/C19H26N4OS3/c1-12(16-10-13-4-5-14(16)9-13)21-17(24)11-26-19-23-22-18(27-19)20-7-6-15-3-2-8-25-15/h2-3,8,12-14,16H,4-7,9-11H2,1H3,(H,20,22)(H,21,24). The minimum Gasteiger partial charge on any atom is -0.360 e. The number of thioether (sulfide) groups is 1. The second-order valence-corrected chi connectivity index (χ2v) is 10.8. The maximum Gasteiger partial charge on any atom is 0.230 e. The first kappa shape index (κ1) is 19.2. The Kier molecular flexibility index (Phi) is 6.35. The van der Waals surface area contributed by atoms with Crippen LogP contribution in [-0.4, -0.2) is 34.4 Å². The summed E-state index contributed by atoms with van der Waals surface area (Å²) in [5.41, 5.74) is 0. The molecule has 27 heavy (non-hydrogen) atoms. The van der Waals surface area contributed by atoms with E-state index >= 15 is 0 Å². The summed E-state index contributed by atoms with van der Waals surface area (Å²) in [6.45, 7) is 3.02. The van der Waals surface area contributed by atoms with Crippen molar-refractivity contribution in [1.29, 1.82) is 0 Å². The van der Waals surface area contributed by atoms with Crippen LogP contribution < -0.4 is 10.6 Å². The Bertz CT molecular complexity index is 748. The molecule has 2 aliphatic carbocycles. The quantitative estimate of drug-likeness (QED) is 0.590. The Labute approximate surface area is 172 Å². The van der Waals surface area contributed by atoms with E-state index in [4.69, 9.17) is 0 Å². The molecule has 2 aromatic heterocycles. The molecular formula is C19H26N4OS3. The summed E-state index contributed by atoms with van der Waals surface area (Å²) in [4.78, 5) is 13.7. The van der Waals surface area contributed by atoms with Crippen LogP contribution in [0.5, 0.6) is 0 Å². The van der Waals surface area contributed by atoms with Crippen molar-refractivity contribution >= 4 is 45.5 Å². The van der Waals surface area contributed by atoms with E-state index in [-0.39, 0.29) is 11.9 Å². The second kappa shape index (κ2) is 8.92. The van der Waals surface area contributed by atoms with Crippen LogP contribution in [-0.2, 0) is 11.2 Å². The molecule has 4 unspecified atom stereocenters. The molecule has 2 fully saturated rings. The molecule has 0 radical (unpaired) electrons. The molecule has 2 N–H and O–H groups in total. The number of amides is 1. The molecule has 4 rings (SSSR count). The van der Waals surface area contributed by atoms with Gasteiger partial charge in [-0.05, 0) is 61.8 Å². The number of carbonyl (C=O) groups excluding carboxylic acids is 1. The van der Waals surface area contributed by atoms with Gasteiger partial charge in [-0.3, -0.25) is 4.79 Å². The SMILES string of the molecule is CC(NC(=O)CSc1nnc(NCCc2cccs2)s1)C1CC2CCC1C2. The first-order valence-electron chi connectivity index (χ1n) is 9.69. The van der Waals surface area contributed by atoms with Crippen molar-refractivity contribution in [2.75, 3.05) is 17.6 Å². The van der Waals surface area contributed by atoms with Gasteiger partial charge < -0.3 is 10.6 Å². The zero-order chi connectivity index (χ0) is 18.6. The van der Waals surface area contributed by atoms with Crippen LogP contribution in [0.2, 0.25) is 0 Å². The Morgan fingerprint density at radius 2 is 2.30 bits per heavy atom. The van der Waals surface area contributed by atoms with Crippen LogP contribution in [0.1, 0.15) is 37.5 Å². The Morgan fingerprint density at radius 1 is 1.37 bits per heavy atom. The summed E-state index contributed by atoms with van der Waals surface area (Å²) < 4.78 is 0.844. The second-order valence-electron chi connectivity index (χ2n) is 7.61. The minimum atomic E-state index is 0.109. The Morgan fingerprint density at radius 3 is 3.04 bits per heavy atom. The number of carbonyl (C=O) groups is 1. The highest BCUT2D eigenvalue weighted by molar-refractivity contribution is 8.01. The predicted molar refractivity (Wildman–Crippen MR) is 114 cm³/mol. The topological polar surface area (TPSA) is 66.9 Å². The molecule has 1 amide bonds. The lowest BCUT2D eigenvalue weighted by molar-refractivity contribution is -0.119. The molecule has 4 atom stereocenters. The summed E-state index contributed by atoms with van der Waals surface area (Å²) in [6, 6.07) is 4.50. The Hall–Kier alpha value is -1.12. The van der Waals surface area contributed by atoms with Gasteiger partial charge in [0, 0.05) is 17.5 Å². The van der Waals surface area contributed by atoms with Crippen molar-refractivity contribution in [1.82, 2.24) is 15.5 Å². The fraction of sp³-hybridized carbons (Fsp3) is 0.632. The van der Waals surface area contributed by atoms with E-state index in [1.165, 1.54) is 53.7 Å². The smallest absolute Gasteiger partial charge is 0.230 e. The highest BCUT2D eigenvalue weighted by Crippen LogP contribution is 2.49. The molecule has 0 saturated heterocycles. The van der Waals surface area contributed by atoms with Gasteiger partial charge in [0.1, 0.15) is 0 Å². The first-order valence-corrected chi connectivity index (χ1v) is 12.4. The van der Waals surface area contributed by atoms with E-state index in [0.29, 0.717) is 11.7 Å². The maximum absolute atomic E-state index is 12.3. The molecule has 2 saturated carbocycles. The van der Waals surface area contributed by atoms with Gasteiger partial charge in [0.25, 0.3) is 0 Å². The van der Waals surface area contributed by atoms with E-state index in [0.717, 1.165) is 34.3 Å². The van der Waals surface area contributed by atoms with Crippen LogP contribution in [0.25, 0.3) is 0 Å². The van der Waals surface area contributed by atoms with Gasteiger partial charge >= 0.3 is 0 Å². The highest BCUT2D eigenvalue weighted by Gasteiger charge is 2.42. The highest BCUT2D eigenvalue weighted by atomic mass is 32.2. The summed E-state index contributed by atoms with van der Waals surface area (Å²) in [5, 5.41) is 17.8. The number of aromatic nitrogens is 2. The molecule has 5 nitrogen and oxygen atoms in total. The third-order valence-corrected chi connectivity index (χ3v) is 8.74. The summed E-state index contributed by atoms with van der Waals surface area (Å²) in [5.74, 6) is 2.95. The number of thiophene rings is 1. The van der Waals surface area contributed by atoms with Crippen LogP contribution in [0.4, 0.5) is 5.13 Å². The van der Waals surface area contributed by atoms with Crippen LogP contribution in [0.3, 0.4) is 0 Å². The van der Waals surface area contributed by atoms with Crippen LogP contribution in [0.15, 0.2) is 21.9 Å².